The van der Waals surface area contributed by atoms with Crippen LogP contribution >= 0.6 is 0 Å². The molecule has 9 heteroatoms. The molecule has 1 aliphatic rings. The largest absolute Gasteiger partial charge is 0.384 e. The first-order valence-corrected chi connectivity index (χ1v) is 8.62. The van der Waals surface area contributed by atoms with Crippen LogP contribution < -0.4 is 0 Å². The molecule has 1 fully saturated rings. The fraction of sp³-hybridized carbons (Fsp3) is 0.471. The zero-order chi connectivity index (χ0) is 17.8. The first-order chi connectivity index (χ1) is 12.8. The van der Waals surface area contributed by atoms with Crippen molar-refractivity contribution in [3.8, 4) is 11.4 Å². The Morgan fingerprint density at radius 3 is 2.92 bits per heavy atom. The lowest BCUT2D eigenvalue weighted by Gasteiger charge is -2.18. The van der Waals surface area contributed by atoms with Crippen LogP contribution in [0.25, 0.3) is 11.4 Å². The summed E-state index contributed by atoms with van der Waals surface area (Å²) < 4.78 is 15.9. The minimum atomic E-state index is 0.0788. The topological polar surface area (TPSA) is 103 Å². The van der Waals surface area contributed by atoms with Gasteiger partial charge in [0.15, 0.2) is 5.82 Å². The first kappa shape index (κ1) is 16.8. The lowest BCUT2D eigenvalue weighted by atomic mass is 10.2. The third-order valence-electron chi connectivity index (χ3n) is 4.41. The van der Waals surface area contributed by atoms with Crippen LogP contribution in [0, 0.1) is 0 Å². The SMILES string of the molecule is COCCc1noc([C@@H]2CCCN2Cc2nc(-c3ccncc3)no2)n1. The van der Waals surface area contributed by atoms with E-state index in [0.717, 1.165) is 24.9 Å². The first-order valence-electron chi connectivity index (χ1n) is 8.62. The lowest BCUT2D eigenvalue weighted by Crippen LogP contribution is -2.23. The molecule has 0 spiro atoms. The number of methoxy groups -OCH3 is 1. The van der Waals surface area contributed by atoms with E-state index in [1.54, 1.807) is 19.5 Å². The molecule has 9 nitrogen and oxygen atoms in total. The summed E-state index contributed by atoms with van der Waals surface area (Å²) in [5, 5.41) is 8.09. The summed E-state index contributed by atoms with van der Waals surface area (Å²) in [5.41, 5.74) is 0.882. The van der Waals surface area contributed by atoms with E-state index >= 15 is 0 Å². The summed E-state index contributed by atoms with van der Waals surface area (Å²) in [5.74, 6) is 2.45. The van der Waals surface area contributed by atoms with Crippen molar-refractivity contribution in [3.05, 3.63) is 42.1 Å². The normalized spacial score (nSPS) is 17.8. The summed E-state index contributed by atoms with van der Waals surface area (Å²) in [6, 6.07) is 3.79. The van der Waals surface area contributed by atoms with Gasteiger partial charge in [-0.3, -0.25) is 9.88 Å². The fourth-order valence-electron chi connectivity index (χ4n) is 3.10. The molecule has 1 aliphatic heterocycles. The van der Waals surface area contributed by atoms with Gasteiger partial charge in [-0.25, -0.2) is 0 Å². The molecule has 0 bridgehead atoms. The molecule has 0 N–H and O–H groups in total. The predicted molar refractivity (Wildman–Crippen MR) is 89.8 cm³/mol. The average Bonchev–Trinajstić information content (AvgIpc) is 3.42. The van der Waals surface area contributed by atoms with Gasteiger partial charge in [-0.1, -0.05) is 10.3 Å². The van der Waals surface area contributed by atoms with E-state index in [1.165, 1.54) is 0 Å². The van der Waals surface area contributed by atoms with Crippen LogP contribution in [-0.2, 0) is 17.7 Å². The van der Waals surface area contributed by atoms with Gasteiger partial charge in [-0.05, 0) is 31.5 Å². The lowest BCUT2D eigenvalue weighted by molar-refractivity contribution is 0.178. The number of rotatable bonds is 7. The van der Waals surface area contributed by atoms with Crippen LogP contribution in [0.1, 0.15) is 36.5 Å². The Kier molecular flexibility index (Phi) is 4.98. The van der Waals surface area contributed by atoms with Crippen LogP contribution in [0.4, 0.5) is 0 Å². The summed E-state index contributed by atoms with van der Waals surface area (Å²) in [6.07, 6.45) is 6.09. The molecule has 26 heavy (non-hydrogen) atoms. The molecule has 0 amide bonds. The third-order valence-corrected chi connectivity index (χ3v) is 4.41. The Hall–Kier alpha value is -2.65. The molecule has 0 aromatic carbocycles. The highest BCUT2D eigenvalue weighted by atomic mass is 16.5. The van der Waals surface area contributed by atoms with E-state index in [-0.39, 0.29) is 6.04 Å². The number of nitrogens with zero attached hydrogens (tertiary/aromatic N) is 6. The van der Waals surface area contributed by atoms with Gasteiger partial charge < -0.3 is 13.8 Å². The molecular weight excluding hydrogens is 336 g/mol. The van der Waals surface area contributed by atoms with E-state index < -0.39 is 0 Å². The highest BCUT2D eigenvalue weighted by molar-refractivity contribution is 5.52. The van der Waals surface area contributed by atoms with E-state index in [9.17, 15) is 0 Å². The van der Waals surface area contributed by atoms with Crippen molar-refractivity contribution < 1.29 is 13.8 Å². The molecule has 3 aromatic heterocycles. The molecule has 1 saturated heterocycles. The van der Waals surface area contributed by atoms with E-state index in [4.69, 9.17) is 13.8 Å². The number of pyridine rings is 1. The van der Waals surface area contributed by atoms with Crippen molar-refractivity contribution >= 4 is 0 Å². The number of ether oxygens (including phenoxy) is 1. The zero-order valence-electron chi connectivity index (χ0n) is 14.5. The average molecular weight is 356 g/mol. The van der Waals surface area contributed by atoms with Gasteiger partial charge in [-0.2, -0.15) is 9.97 Å². The van der Waals surface area contributed by atoms with E-state index in [1.807, 2.05) is 12.1 Å². The number of likely N-dealkylation sites (tertiary alicyclic amines) is 1. The van der Waals surface area contributed by atoms with Crippen LogP contribution in [0.2, 0.25) is 0 Å². The van der Waals surface area contributed by atoms with E-state index in [2.05, 4.69) is 30.2 Å². The van der Waals surface area contributed by atoms with Gasteiger partial charge >= 0.3 is 0 Å². The van der Waals surface area contributed by atoms with Crippen LogP contribution in [-0.4, -0.2) is 50.4 Å². The van der Waals surface area contributed by atoms with Crippen molar-refractivity contribution in [1.82, 2.24) is 30.2 Å². The Balaban J connectivity index is 1.44. The molecule has 0 saturated carbocycles. The second kappa shape index (κ2) is 7.71. The zero-order valence-corrected chi connectivity index (χ0v) is 14.5. The molecule has 4 heterocycles. The molecular formula is C17H20N6O3. The van der Waals surface area contributed by atoms with Gasteiger partial charge in [-0.15, -0.1) is 0 Å². The number of hydrogen-bond acceptors (Lipinski definition) is 9. The van der Waals surface area contributed by atoms with Gasteiger partial charge in [0.05, 0.1) is 19.2 Å². The maximum Gasteiger partial charge on any atom is 0.244 e. The highest BCUT2D eigenvalue weighted by Gasteiger charge is 2.32. The summed E-state index contributed by atoms with van der Waals surface area (Å²) in [4.78, 5) is 15.2. The standard InChI is InChI=1S/C17H20N6O3/c1-24-10-6-14-19-17(26-21-14)13-3-2-9-23(13)11-15-20-16(22-25-15)12-4-7-18-8-5-12/h4-5,7-8,13H,2-3,6,9-11H2,1H3/t13-/m0/s1. The summed E-state index contributed by atoms with van der Waals surface area (Å²) >= 11 is 0. The second-order valence-electron chi connectivity index (χ2n) is 6.17. The Morgan fingerprint density at radius 2 is 2.08 bits per heavy atom. The van der Waals surface area contributed by atoms with Crippen molar-refractivity contribution in [1.29, 1.82) is 0 Å². The molecule has 0 unspecified atom stereocenters. The molecule has 0 radical (unpaired) electrons. The molecule has 4 rings (SSSR count). The Bertz CT molecular complexity index is 834. The summed E-state index contributed by atoms with van der Waals surface area (Å²) in [7, 11) is 1.66. The predicted octanol–water partition coefficient (Wildman–Crippen LogP) is 2.04. The van der Waals surface area contributed by atoms with Gasteiger partial charge in [0.1, 0.15) is 0 Å². The monoisotopic (exact) mass is 356 g/mol. The third kappa shape index (κ3) is 3.63. The molecule has 3 aromatic rings. The summed E-state index contributed by atoms with van der Waals surface area (Å²) in [6.45, 7) is 2.05. The van der Waals surface area contributed by atoms with Gasteiger partial charge in [0.25, 0.3) is 0 Å². The van der Waals surface area contributed by atoms with Gasteiger partial charge in [0.2, 0.25) is 17.6 Å². The van der Waals surface area contributed by atoms with Crippen molar-refractivity contribution in [2.45, 2.75) is 31.8 Å². The Labute approximate surface area is 150 Å². The fourth-order valence-corrected chi connectivity index (χ4v) is 3.10. The maximum absolute atomic E-state index is 5.46. The van der Waals surface area contributed by atoms with Crippen LogP contribution in [0.5, 0.6) is 0 Å². The van der Waals surface area contributed by atoms with Crippen molar-refractivity contribution in [2.24, 2.45) is 0 Å². The quantitative estimate of drug-likeness (QED) is 0.629. The minimum absolute atomic E-state index is 0.0788. The van der Waals surface area contributed by atoms with E-state index in [0.29, 0.717) is 43.0 Å². The highest BCUT2D eigenvalue weighted by Crippen LogP contribution is 2.32. The molecule has 1 atom stereocenters. The van der Waals surface area contributed by atoms with Crippen molar-refractivity contribution in [2.75, 3.05) is 20.3 Å². The Morgan fingerprint density at radius 1 is 1.19 bits per heavy atom. The number of aromatic nitrogens is 5. The minimum Gasteiger partial charge on any atom is -0.384 e. The smallest absolute Gasteiger partial charge is 0.244 e. The molecule has 136 valence electrons. The van der Waals surface area contributed by atoms with Crippen LogP contribution in [0.15, 0.2) is 33.6 Å². The molecule has 0 aliphatic carbocycles. The second-order valence-corrected chi connectivity index (χ2v) is 6.17. The van der Waals surface area contributed by atoms with Gasteiger partial charge in [0, 0.05) is 31.5 Å². The maximum atomic E-state index is 5.46. The van der Waals surface area contributed by atoms with Crippen LogP contribution in [0.3, 0.4) is 0 Å². The number of hydrogen-bond donors (Lipinski definition) is 0. The van der Waals surface area contributed by atoms with Crippen molar-refractivity contribution in [3.63, 3.8) is 0 Å².